The SMILES string of the molecule is CCC(CC)(CNC(C)C)Cc1ccn(C2CCCC2)n1. The summed E-state index contributed by atoms with van der Waals surface area (Å²) in [6.45, 7) is 10.2. The Morgan fingerprint density at radius 1 is 1.29 bits per heavy atom. The van der Waals surface area contributed by atoms with Gasteiger partial charge in [0.15, 0.2) is 0 Å². The molecule has 0 amide bonds. The second kappa shape index (κ2) is 7.44. The molecule has 1 aliphatic carbocycles. The van der Waals surface area contributed by atoms with Gasteiger partial charge in [-0.05, 0) is 43.6 Å². The lowest BCUT2D eigenvalue weighted by Gasteiger charge is -2.32. The summed E-state index contributed by atoms with van der Waals surface area (Å²) in [5, 5.41) is 8.52. The van der Waals surface area contributed by atoms with E-state index in [1.807, 2.05) is 0 Å². The van der Waals surface area contributed by atoms with Crippen molar-refractivity contribution in [1.82, 2.24) is 15.1 Å². The van der Waals surface area contributed by atoms with Crippen molar-refractivity contribution in [2.24, 2.45) is 5.41 Å². The smallest absolute Gasteiger partial charge is 0.0630 e. The molecule has 0 bridgehead atoms. The van der Waals surface area contributed by atoms with Crippen molar-refractivity contribution < 1.29 is 0 Å². The number of hydrogen-bond acceptors (Lipinski definition) is 2. The van der Waals surface area contributed by atoms with E-state index in [-0.39, 0.29) is 0 Å². The van der Waals surface area contributed by atoms with Crippen LogP contribution in [-0.4, -0.2) is 22.4 Å². The summed E-state index contributed by atoms with van der Waals surface area (Å²) in [5.41, 5.74) is 1.62. The van der Waals surface area contributed by atoms with E-state index in [4.69, 9.17) is 5.10 Å². The summed E-state index contributed by atoms with van der Waals surface area (Å²) in [6, 6.07) is 3.46. The maximum Gasteiger partial charge on any atom is 0.0630 e. The fourth-order valence-corrected chi connectivity index (χ4v) is 3.46. The van der Waals surface area contributed by atoms with E-state index in [0.29, 0.717) is 17.5 Å². The Hall–Kier alpha value is -0.830. The maximum absolute atomic E-state index is 4.89. The monoisotopic (exact) mass is 291 g/mol. The second-order valence-corrected chi connectivity index (χ2v) is 7.14. The predicted octanol–water partition coefficient (Wildman–Crippen LogP) is 4.35. The van der Waals surface area contributed by atoms with E-state index >= 15 is 0 Å². The lowest BCUT2D eigenvalue weighted by molar-refractivity contribution is 0.236. The molecule has 1 aromatic rings. The van der Waals surface area contributed by atoms with Crippen LogP contribution in [0.1, 0.15) is 78.0 Å². The Balaban J connectivity index is 2.02. The van der Waals surface area contributed by atoms with E-state index in [1.54, 1.807) is 0 Å². The maximum atomic E-state index is 4.89. The van der Waals surface area contributed by atoms with Gasteiger partial charge in [-0.2, -0.15) is 5.10 Å². The zero-order valence-corrected chi connectivity index (χ0v) is 14.4. The molecule has 0 atom stereocenters. The average Bonchev–Trinajstić information content (AvgIpc) is 3.14. The molecule has 21 heavy (non-hydrogen) atoms. The average molecular weight is 291 g/mol. The molecule has 1 saturated carbocycles. The van der Waals surface area contributed by atoms with Gasteiger partial charge in [0.25, 0.3) is 0 Å². The van der Waals surface area contributed by atoms with Gasteiger partial charge in [-0.3, -0.25) is 4.68 Å². The first-order valence-corrected chi connectivity index (χ1v) is 8.86. The molecule has 1 N–H and O–H groups in total. The standard InChI is InChI=1S/C18H33N3/c1-5-18(6-2,14-19-15(3)4)13-16-11-12-21(20-16)17-9-7-8-10-17/h11-12,15,17,19H,5-10,13-14H2,1-4H3. The minimum Gasteiger partial charge on any atom is -0.314 e. The highest BCUT2D eigenvalue weighted by molar-refractivity contribution is 5.05. The van der Waals surface area contributed by atoms with Crippen molar-refractivity contribution in [2.45, 2.75) is 84.7 Å². The van der Waals surface area contributed by atoms with Gasteiger partial charge in [-0.1, -0.05) is 40.5 Å². The quantitative estimate of drug-likeness (QED) is 0.772. The van der Waals surface area contributed by atoms with E-state index in [2.05, 4.69) is 50.0 Å². The summed E-state index contributed by atoms with van der Waals surface area (Å²) >= 11 is 0. The first-order valence-electron chi connectivity index (χ1n) is 8.86. The molecule has 0 spiro atoms. The number of nitrogens with zero attached hydrogens (tertiary/aromatic N) is 2. The largest absolute Gasteiger partial charge is 0.314 e. The van der Waals surface area contributed by atoms with Crippen molar-refractivity contribution >= 4 is 0 Å². The van der Waals surface area contributed by atoms with Crippen LogP contribution in [0.25, 0.3) is 0 Å². The highest BCUT2D eigenvalue weighted by atomic mass is 15.3. The third-order valence-corrected chi connectivity index (χ3v) is 5.30. The second-order valence-electron chi connectivity index (χ2n) is 7.14. The van der Waals surface area contributed by atoms with Crippen LogP contribution < -0.4 is 5.32 Å². The zero-order chi connectivity index (χ0) is 15.3. The van der Waals surface area contributed by atoms with Crippen LogP contribution in [0.4, 0.5) is 0 Å². The molecule has 0 unspecified atom stereocenters. The molecule has 3 nitrogen and oxygen atoms in total. The third kappa shape index (κ3) is 4.32. The van der Waals surface area contributed by atoms with E-state index in [1.165, 1.54) is 44.2 Å². The molecular weight excluding hydrogens is 258 g/mol. The summed E-state index contributed by atoms with van der Waals surface area (Å²) in [7, 11) is 0. The van der Waals surface area contributed by atoms with Crippen molar-refractivity contribution in [3.8, 4) is 0 Å². The molecule has 1 heterocycles. The van der Waals surface area contributed by atoms with E-state index < -0.39 is 0 Å². The molecule has 2 rings (SSSR count). The van der Waals surface area contributed by atoms with Crippen molar-refractivity contribution in [3.63, 3.8) is 0 Å². The first-order chi connectivity index (χ1) is 10.1. The minimum absolute atomic E-state index is 0.346. The Kier molecular flexibility index (Phi) is 5.86. The molecule has 1 aromatic heterocycles. The molecule has 0 aliphatic heterocycles. The van der Waals surface area contributed by atoms with Crippen molar-refractivity contribution in [2.75, 3.05) is 6.54 Å². The molecule has 1 fully saturated rings. The number of aromatic nitrogens is 2. The van der Waals surface area contributed by atoms with Crippen LogP contribution in [0.15, 0.2) is 12.3 Å². The lowest BCUT2D eigenvalue weighted by Crippen LogP contribution is -2.38. The van der Waals surface area contributed by atoms with Gasteiger partial charge < -0.3 is 5.32 Å². The van der Waals surface area contributed by atoms with Crippen LogP contribution in [0, 0.1) is 5.41 Å². The van der Waals surface area contributed by atoms with Gasteiger partial charge in [0.05, 0.1) is 11.7 Å². The Bertz CT molecular complexity index is 412. The van der Waals surface area contributed by atoms with Gasteiger partial charge in [0.1, 0.15) is 0 Å². The van der Waals surface area contributed by atoms with E-state index in [0.717, 1.165) is 13.0 Å². The predicted molar refractivity (Wildman–Crippen MR) is 89.6 cm³/mol. The highest BCUT2D eigenvalue weighted by Gasteiger charge is 2.28. The molecule has 3 heteroatoms. The molecule has 0 radical (unpaired) electrons. The molecule has 1 aliphatic rings. The summed E-state index contributed by atoms with van der Waals surface area (Å²) in [4.78, 5) is 0. The van der Waals surface area contributed by atoms with Crippen molar-refractivity contribution in [1.29, 1.82) is 0 Å². The van der Waals surface area contributed by atoms with Gasteiger partial charge >= 0.3 is 0 Å². The van der Waals surface area contributed by atoms with Crippen LogP contribution in [0.2, 0.25) is 0 Å². The topological polar surface area (TPSA) is 29.9 Å². The molecule has 120 valence electrons. The Labute approximate surface area is 130 Å². The highest BCUT2D eigenvalue weighted by Crippen LogP contribution is 2.32. The van der Waals surface area contributed by atoms with Gasteiger partial charge in [0.2, 0.25) is 0 Å². The Morgan fingerprint density at radius 2 is 1.95 bits per heavy atom. The van der Waals surface area contributed by atoms with Crippen LogP contribution >= 0.6 is 0 Å². The zero-order valence-electron chi connectivity index (χ0n) is 14.4. The van der Waals surface area contributed by atoms with Crippen LogP contribution in [0.3, 0.4) is 0 Å². The van der Waals surface area contributed by atoms with E-state index in [9.17, 15) is 0 Å². The summed E-state index contributed by atoms with van der Waals surface area (Å²) in [6.07, 6.45) is 11.1. The normalized spacial score (nSPS) is 17.0. The third-order valence-electron chi connectivity index (χ3n) is 5.30. The lowest BCUT2D eigenvalue weighted by atomic mass is 9.78. The van der Waals surface area contributed by atoms with Gasteiger partial charge in [-0.15, -0.1) is 0 Å². The van der Waals surface area contributed by atoms with Gasteiger partial charge in [-0.25, -0.2) is 0 Å². The number of nitrogens with one attached hydrogen (secondary N) is 1. The van der Waals surface area contributed by atoms with Crippen molar-refractivity contribution in [3.05, 3.63) is 18.0 Å². The summed E-state index contributed by atoms with van der Waals surface area (Å²) in [5.74, 6) is 0. The fourth-order valence-electron chi connectivity index (χ4n) is 3.46. The van der Waals surface area contributed by atoms with Crippen LogP contribution in [0.5, 0.6) is 0 Å². The minimum atomic E-state index is 0.346. The molecule has 0 aromatic carbocycles. The number of rotatable bonds is 8. The first kappa shape index (κ1) is 16.5. The number of hydrogen-bond donors (Lipinski definition) is 1. The van der Waals surface area contributed by atoms with Gasteiger partial charge in [0, 0.05) is 18.8 Å². The Morgan fingerprint density at radius 3 is 2.52 bits per heavy atom. The molecule has 0 saturated heterocycles. The van der Waals surface area contributed by atoms with Crippen LogP contribution in [-0.2, 0) is 6.42 Å². The summed E-state index contributed by atoms with van der Waals surface area (Å²) < 4.78 is 2.23. The fraction of sp³-hybridized carbons (Fsp3) is 0.833. The molecular formula is C18H33N3.